The van der Waals surface area contributed by atoms with Crippen molar-refractivity contribution in [3.8, 4) is 5.75 Å². The summed E-state index contributed by atoms with van der Waals surface area (Å²) in [6.07, 6.45) is 23.9. The third-order valence-corrected chi connectivity index (χ3v) is 7.68. The van der Waals surface area contributed by atoms with Crippen molar-refractivity contribution in [3.63, 3.8) is 0 Å². The van der Waals surface area contributed by atoms with Crippen molar-refractivity contribution in [2.75, 3.05) is 0 Å². The van der Waals surface area contributed by atoms with Gasteiger partial charge in [0, 0.05) is 0 Å². The predicted molar refractivity (Wildman–Crippen MR) is 126 cm³/mol. The number of alkyl halides is 2. The molecule has 0 saturated heterocycles. The Morgan fingerprint density at radius 1 is 0.871 bits per heavy atom. The Bertz CT molecular complexity index is 623. The summed E-state index contributed by atoms with van der Waals surface area (Å²) in [5.41, 5.74) is 1.26. The molecule has 0 unspecified atom stereocenters. The Morgan fingerprint density at radius 3 is 2.13 bits per heavy atom. The molecule has 0 bridgehead atoms. The van der Waals surface area contributed by atoms with Gasteiger partial charge in [-0.25, -0.2) is 0 Å². The number of unbranched alkanes of at least 4 members (excludes halogenated alkanes) is 2. The zero-order valence-electron chi connectivity index (χ0n) is 19.4. The molecule has 0 spiro atoms. The molecule has 1 nitrogen and oxygen atoms in total. The molecule has 2 aliphatic rings. The van der Waals surface area contributed by atoms with Gasteiger partial charge in [-0.15, -0.1) is 0 Å². The molecular weight excluding hydrogens is 390 g/mol. The lowest BCUT2D eigenvalue weighted by atomic mass is 9.77. The topological polar surface area (TPSA) is 9.23 Å². The molecule has 1 aromatic carbocycles. The smallest absolute Gasteiger partial charge is 0.387 e. The monoisotopic (exact) mass is 432 g/mol. The fourth-order valence-electron chi connectivity index (χ4n) is 5.68. The fourth-order valence-corrected chi connectivity index (χ4v) is 5.68. The molecule has 3 heteroatoms. The van der Waals surface area contributed by atoms with Gasteiger partial charge < -0.3 is 4.74 Å². The molecule has 174 valence electrons. The Hall–Kier alpha value is -1.38. The quantitative estimate of drug-likeness (QED) is 0.250. The first-order valence-corrected chi connectivity index (χ1v) is 12.9. The van der Waals surface area contributed by atoms with Crippen LogP contribution in [0.25, 0.3) is 0 Å². The maximum absolute atomic E-state index is 12.3. The lowest BCUT2D eigenvalue weighted by Crippen LogP contribution is -2.14. The minimum absolute atomic E-state index is 0.250. The average Bonchev–Trinajstić information content (AvgIpc) is 2.78. The number of hydrogen-bond acceptors (Lipinski definition) is 1. The Morgan fingerprint density at radius 2 is 1.52 bits per heavy atom. The second kappa shape index (κ2) is 13.2. The first-order valence-electron chi connectivity index (χ1n) is 12.9. The molecular formula is C28H42F2O. The zero-order chi connectivity index (χ0) is 21.9. The number of benzene rings is 1. The van der Waals surface area contributed by atoms with E-state index in [-0.39, 0.29) is 5.75 Å². The van der Waals surface area contributed by atoms with Crippen molar-refractivity contribution < 1.29 is 13.5 Å². The molecule has 2 aliphatic carbocycles. The van der Waals surface area contributed by atoms with Gasteiger partial charge in [-0.3, -0.25) is 0 Å². The van der Waals surface area contributed by atoms with Crippen molar-refractivity contribution in [2.24, 2.45) is 17.8 Å². The molecule has 0 radical (unpaired) electrons. The Labute approximate surface area is 188 Å². The van der Waals surface area contributed by atoms with E-state index in [1.54, 1.807) is 12.1 Å². The maximum atomic E-state index is 12.3. The van der Waals surface area contributed by atoms with E-state index >= 15 is 0 Å². The van der Waals surface area contributed by atoms with Gasteiger partial charge in [-0.1, -0.05) is 82.6 Å². The van der Waals surface area contributed by atoms with Crippen molar-refractivity contribution >= 4 is 0 Å². The third-order valence-electron chi connectivity index (χ3n) is 7.68. The molecule has 0 aliphatic heterocycles. The summed E-state index contributed by atoms with van der Waals surface area (Å²) in [5, 5.41) is 0. The van der Waals surface area contributed by atoms with Gasteiger partial charge in [0.2, 0.25) is 0 Å². The van der Waals surface area contributed by atoms with Crippen molar-refractivity contribution in [3.05, 3.63) is 42.0 Å². The third kappa shape index (κ3) is 8.58. The number of ether oxygens (including phenoxy) is 1. The summed E-state index contributed by atoms with van der Waals surface area (Å²) >= 11 is 0. The van der Waals surface area contributed by atoms with Crippen LogP contribution in [-0.2, 0) is 0 Å². The van der Waals surface area contributed by atoms with Crippen LogP contribution in [0.5, 0.6) is 5.75 Å². The van der Waals surface area contributed by atoms with E-state index in [1.807, 2.05) is 12.1 Å². The molecule has 3 rings (SSSR count). The van der Waals surface area contributed by atoms with Gasteiger partial charge in [0.05, 0.1) is 0 Å². The second-order valence-electron chi connectivity index (χ2n) is 9.95. The molecule has 2 saturated carbocycles. The largest absolute Gasteiger partial charge is 0.435 e. The van der Waals surface area contributed by atoms with Crippen LogP contribution in [-0.4, -0.2) is 6.61 Å². The van der Waals surface area contributed by atoms with Gasteiger partial charge in [0.1, 0.15) is 5.75 Å². The van der Waals surface area contributed by atoms with E-state index in [0.717, 1.165) is 11.8 Å². The van der Waals surface area contributed by atoms with Gasteiger partial charge in [-0.05, 0) is 79.9 Å². The second-order valence-corrected chi connectivity index (χ2v) is 9.95. The van der Waals surface area contributed by atoms with Gasteiger partial charge in [0.25, 0.3) is 0 Å². The average molecular weight is 433 g/mol. The van der Waals surface area contributed by atoms with Gasteiger partial charge >= 0.3 is 6.61 Å². The molecule has 31 heavy (non-hydrogen) atoms. The van der Waals surface area contributed by atoms with Crippen LogP contribution < -0.4 is 4.74 Å². The van der Waals surface area contributed by atoms with Crippen LogP contribution in [0.1, 0.15) is 108 Å². The summed E-state index contributed by atoms with van der Waals surface area (Å²) in [6.45, 7) is -0.454. The van der Waals surface area contributed by atoms with E-state index in [1.165, 1.54) is 95.5 Å². The van der Waals surface area contributed by atoms with Crippen molar-refractivity contribution in [1.29, 1.82) is 0 Å². The molecule has 0 heterocycles. The molecule has 0 N–H and O–H groups in total. The van der Waals surface area contributed by atoms with Crippen LogP contribution in [0.2, 0.25) is 0 Å². The van der Waals surface area contributed by atoms with Crippen LogP contribution in [0.3, 0.4) is 0 Å². The molecule has 1 aromatic rings. The maximum Gasteiger partial charge on any atom is 0.387 e. The summed E-state index contributed by atoms with van der Waals surface area (Å²) in [6, 6.07) is 7.26. The lowest BCUT2D eigenvalue weighted by molar-refractivity contribution is -0.0498. The van der Waals surface area contributed by atoms with E-state index in [0.29, 0.717) is 11.8 Å². The van der Waals surface area contributed by atoms with E-state index in [2.05, 4.69) is 23.8 Å². The van der Waals surface area contributed by atoms with E-state index in [9.17, 15) is 8.78 Å². The van der Waals surface area contributed by atoms with Crippen LogP contribution in [0, 0.1) is 17.8 Å². The Balaban J connectivity index is 1.29. The molecule has 0 amide bonds. The summed E-state index contributed by atoms with van der Waals surface area (Å²) in [4.78, 5) is 0. The van der Waals surface area contributed by atoms with Gasteiger partial charge in [0.15, 0.2) is 0 Å². The minimum Gasteiger partial charge on any atom is -0.435 e. The first kappa shape index (κ1) is 24.3. The van der Waals surface area contributed by atoms with Crippen molar-refractivity contribution in [2.45, 2.75) is 109 Å². The van der Waals surface area contributed by atoms with Crippen LogP contribution in [0.15, 0.2) is 36.4 Å². The highest BCUT2D eigenvalue weighted by Crippen LogP contribution is 2.37. The Kier molecular flexibility index (Phi) is 10.4. The summed E-state index contributed by atoms with van der Waals surface area (Å²) in [7, 11) is 0. The number of hydrogen-bond donors (Lipinski definition) is 0. The van der Waals surface area contributed by atoms with Crippen LogP contribution >= 0.6 is 0 Å². The normalized spacial score (nSPS) is 27.1. The first-order chi connectivity index (χ1) is 15.1. The summed E-state index contributed by atoms with van der Waals surface area (Å²) in [5.74, 6) is 3.49. The summed E-state index contributed by atoms with van der Waals surface area (Å²) < 4.78 is 29.0. The van der Waals surface area contributed by atoms with Gasteiger partial charge in [-0.2, -0.15) is 8.78 Å². The van der Waals surface area contributed by atoms with Crippen molar-refractivity contribution in [1.82, 2.24) is 0 Å². The number of rotatable bonds is 11. The van der Waals surface area contributed by atoms with E-state index < -0.39 is 6.61 Å². The SMILES string of the molecule is CCCCCC1CCC(CC/C=C/C2CCC(c3ccc(OC(F)F)cc3)CC2)CC1. The van der Waals surface area contributed by atoms with E-state index in [4.69, 9.17) is 0 Å². The minimum atomic E-state index is -2.75. The standard InChI is InChI=1S/C28H42F2O/c1-2-3-4-7-22-10-12-23(13-11-22)8-5-6-9-24-14-16-25(17-15-24)26-18-20-27(21-19-26)31-28(29)30/h6,9,18-25,28H,2-5,7-8,10-17H2,1H3/b9-6+. The molecule has 0 aromatic heterocycles. The predicted octanol–water partition coefficient (Wildman–Crippen LogP) is 9.28. The highest BCUT2D eigenvalue weighted by atomic mass is 19.3. The fraction of sp³-hybridized carbons (Fsp3) is 0.714. The van der Waals surface area contributed by atoms with Crippen LogP contribution in [0.4, 0.5) is 8.78 Å². The highest BCUT2D eigenvalue weighted by Gasteiger charge is 2.22. The number of halogens is 2. The number of allylic oxidation sites excluding steroid dienone is 2. The lowest BCUT2D eigenvalue weighted by Gasteiger charge is -2.28. The zero-order valence-corrected chi connectivity index (χ0v) is 19.4. The highest BCUT2D eigenvalue weighted by molar-refractivity contribution is 5.29. The molecule has 0 atom stereocenters. The molecule has 2 fully saturated rings.